The number of rotatable bonds is 4. The number of hydrogen-bond donors (Lipinski definition) is 1. The van der Waals surface area contributed by atoms with Crippen molar-refractivity contribution < 1.29 is 14.3 Å². The number of carbonyl (C=O) groups is 1. The Bertz CT molecular complexity index is 488. The Labute approximate surface area is 118 Å². The van der Waals surface area contributed by atoms with Crippen LogP contribution < -0.4 is 5.73 Å². The van der Waals surface area contributed by atoms with Crippen LogP contribution in [0, 0.1) is 13.8 Å². The van der Waals surface area contributed by atoms with E-state index in [1.165, 1.54) is 0 Å². The Morgan fingerprint density at radius 2 is 1.85 bits per heavy atom. The highest BCUT2D eigenvalue weighted by Gasteiger charge is 2.35. The second-order valence-corrected chi connectivity index (χ2v) is 5.09. The van der Waals surface area contributed by atoms with Gasteiger partial charge in [-0.15, -0.1) is 0 Å². The number of likely N-dealkylation sites (tertiary alicyclic amines) is 1. The molecule has 0 spiro atoms. The van der Waals surface area contributed by atoms with Crippen molar-refractivity contribution in [1.82, 2.24) is 14.7 Å². The fourth-order valence-corrected chi connectivity index (χ4v) is 2.49. The molecule has 1 amide bonds. The summed E-state index contributed by atoms with van der Waals surface area (Å²) in [5.41, 5.74) is 8.09. The van der Waals surface area contributed by atoms with Crippen LogP contribution in [0.5, 0.6) is 0 Å². The Kier molecular flexibility index (Phi) is 4.29. The second kappa shape index (κ2) is 5.80. The average Bonchev–Trinajstić information content (AvgIpc) is 2.96. The second-order valence-electron chi connectivity index (χ2n) is 5.09. The number of aryl methyl sites for hydroxylation is 1. The van der Waals surface area contributed by atoms with Crippen LogP contribution in [0.2, 0.25) is 0 Å². The molecule has 0 radical (unpaired) electrons. The number of nitrogens with zero attached hydrogens (tertiary/aromatic N) is 3. The zero-order chi connectivity index (χ0) is 14.9. The molecular formula is C13H22N4O3. The third-order valence-electron chi connectivity index (χ3n) is 3.90. The monoisotopic (exact) mass is 282 g/mol. The van der Waals surface area contributed by atoms with Crippen molar-refractivity contribution in [3.05, 3.63) is 11.4 Å². The first-order chi connectivity index (χ1) is 9.47. The van der Waals surface area contributed by atoms with Crippen LogP contribution in [-0.4, -0.2) is 60.1 Å². The summed E-state index contributed by atoms with van der Waals surface area (Å²) in [4.78, 5) is 14.1. The summed E-state index contributed by atoms with van der Waals surface area (Å²) in [5.74, 6) is -0.00259. The van der Waals surface area contributed by atoms with Gasteiger partial charge in [0, 0.05) is 27.3 Å². The van der Waals surface area contributed by atoms with Crippen molar-refractivity contribution in [3.63, 3.8) is 0 Å². The molecule has 20 heavy (non-hydrogen) atoms. The van der Waals surface area contributed by atoms with Crippen molar-refractivity contribution in [1.29, 1.82) is 0 Å². The Morgan fingerprint density at radius 1 is 1.30 bits per heavy atom. The van der Waals surface area contributed by atoms with Gasteiger partial charge in [-0.3, -0.25) is 9.48 Å². The summed E-state index contributed by atoms with van der Waals surface area (Å²) in [7, 11) is 3.26. The zero-order valence-electron chi connectivity index (χ0n) is 12.4. The molecule has 1 aromatic rings. The molecule has 2 rings (SSSR count). The molecule has 2 atom stereocenters. The number of nitrogen functional groups attached to an aromatic ring is 1. The number of anilines is 1. The Balaban J connectivity index is 2.04. The normalized spacial score (nSPS) is 22.5. The number of carbonyl (C=O) groups excluding carboxylic acids is 1. The van der Waals surface area contributed by atoms with Crippen molar-refractivity contribution in [2.24, 2.45) is 0 Å². The molecule has 0 aliphatic carbocycles. The summed E-state index contributed by atoms with van der Waals surface area (Å²) in [5, 5.41) is 4.28. The number of hydrogen-bond acceptors (Lipinski definition) is 5. The molecule has 0 aromatic carbocycles. The highest BCUT2D eigenvalue weighted by molar-refractivity contribution is 5.76. The van der Waals surface area contributed by atoms with E-state index < -0.39 is 0 Å². The van der Waals surface area contributed by atoms with Crippen LogP contribution in [0.15, 0.2) is 0 Å². The molecule has 112 valence electrons. The minimum Gasteiger partial charge on any atom is -0.396 e. The molecule has 1 aliphatic heterocycles. The molecule has 0 bridgehead atoms. The predicted molar refractivity (Wildman–Crippen MR) is 74.3 cm³/mol. The molecule has 7 heteroatoms. The first-order valence-electron chi connectivity index (χ1n) is 6.60. The van der Waals surface area contributed by atoms with E-state index in [2.05, 4.69) is 5.10 Å². The summed E-state index contributed by atoms with van der Waals surface area (Å²) in [6.45, 7) is 4.98. The standard InChI is InChI=1S/C13H22N4O3/c1-8-13(14)9(2)17(15-8)7-12(18)16-5-10(19-3)11(6-16)20-4/h10-11H,5-7,14H2,1-4H3. The number of ether oxygens (including phenoxy) is 2. The highest BCUT2D eigenvalue weighted by Crippen LogP contribution is 2.18. The van der Waals surface area contributed by atoms with Crippen LogP contribution in [0.1, 0.15) is 11.4 Å². The average molecular weight is 282 g/mol. The van der Waals surface area contributed by atoms with E-state index in [4.69, 9.17) is 15.2 Å². The zero-order valence-corrected chi connectivity index (χ0v) is 12.4. The number of amides is 1. The molecular weight excluding hydrogens is 260 g/mol. The molecule has 1 saturated heterocycles. The lowest BCUT2D eigenvalue weighted by molar-refractivity contribution is -0.131. The molecule has 7 nitrogen and oxygen atoms in total. The maximum absolute atomic E-state index is 12.3. The van der Waals surface area contributed by atoms with Gasteiger partial charge in [0.2, 0.25) is 5.91 Å². The maximum Gasteiger partial charge on any atom is 0.244 e. The van der Waals surface area contributed by atoms with Crippen LogP contribution in [0.3, 0.4) is 0 Å². The van der Waals surface area contributed by atoms with E-state index in [-0.39, 0.29) is 24.7 Å². The third kappa shape index (κ3) is 2.64. The summed E-state index contributed by atoms with van der Waals surface area (Å²) >= 11 is 0. The quantitative estimate of drug-likeness (QED) is 0.837. The summed E-state index contributed by atoms with van der Waals surface area (Å²) < 4.78 is 12.3. The number of nitrogens with two attached hydrogens (primary N) is 1. The van der Waals surface area contributed by atoms with E-state index in [9.17, 15) is 4.79 Å². The molecule has 1 aromatic heterocycles. The highest BCUT2D eigenvalue weighted by atomic mass is 16.5. The van der Waals surface area contributed by atoms with Gasteiger partial charge >= 0.3 is 0 Å². The van der Waals surface area contributed by atoms with Crippen molar-refractivity contribution >= 4 is 11.6 Å². The lowest BCUT2D eigenvalue weighted by Gasteiger charge is -2.16. The third-order valence-corrected chi connectivity index (χ3v) is 3.90. The van der Waals surface area contributed by atoms with E-state index in [1.54, 1.807) is 23.8 Å². The van der Waals surface area contributed by atoms with Gasteiger partial charge in [0.25, 0.3) is 0 Å². The first-order valence-corrected chi connectivity index (χ1v) is 6.60. The van der Waals surface area contributed by atoms with E-state index >= 15 is 0 Å². The maximum atomic E-state index is 12.3. The SMILES string of the molecule is COC1CN(C(=O)Cn2nc(C)c(N)c2C)CC1OC. The van der Waals surface area contributed by atoms with Gasteiger partial charge in [-0.2, -0.15) is 5.10 Å². The van der Waals surface area contributed by atoms with Gasteiger partial charge in [-0.25, -0.2) is 0 Å². The molecule has 1 aliphatic rings. The van der Waals surface area contributed by atoms with E-state index in [0.717, 1.165) is 11.4 Å². The number of methoxy groups -OCH3 is 2. The van der Waals surface area contributed by atoms with Gasteiger partial charge in [-0.1, -0.05) is 0 Å². The topological polar surface area (TPSA) is 82.6 Å². The van der Waals surface area contributed by atoms with Crippen molar-refractivity contribution in [2.45, 2.75) is 32.6 Å². The van der Waals surface area contributed by atoms with Crippen molar-refractivity contribution in [3.8, 4) is 0 Å². The lowest BCUT2D eigenvalue weighted by atomic mass is 10.3. The predicted octanol–water partition coefficient (Wildman–Crippen LogP) is -0.0457. The largest absolute Gasteiger partial charge is 0.396 e. The molecule has 2 heterocycles. The van der Waals surface area contributed by atoms with Crippen LogP contribution >= 0.6 is 0 Å². The Hall–Kier alpha value is -1.60. The first kappa shape index (κ1) is 14.8. The molecule has 1 fully saturated rings. The van der Waals surface area contributed by atoms with Crippen molar-refractivity contribution in [2.75, 3.05) is 33.0 Å². The summed E-state index contributed by atoms with van der Waals surface area (Å²) in [6, 6.07) is 0. The molecule has 2 unspecified atom stereocenters. The number of aromatic nitrogens is 2. The fraction of sp³-hybridized carbons (Fsp3) is 0.692. The smallest absolute Gasteiger partial charge is 0.244 e. The molecule has 2 N–H and O–H groups in total. The summed E-state index contributed by atoms with van der Waals surface area (Å²) in [6.07, 6.45) is -0.149. The van der Waals surface area contributed by atoms with Gasteiger partial charge in [0.15, 0.2) is 0 Å². The van der Waals surface area contributed by atoms with Gasteiger partial charge in [0.1, 0.15) is 18.8 Å². The van der Waals surface area contributed by atoms with Crippen LogP contribution in [-0.2, 0) is 20.8 Å². The van der Waals surface area contributed by atoms with Gasteiger partial charge in [-0.05, 0) is 13.8 Å². The minimum absolute atomic E-state index is 0.00259. The Morgan fingerprint density at radius 3 is 2.25 bits per heavy atom. The van der Waals surface area contributed by atoms with E-state index in [0.29, 0.717) is 18.8 Å². The van der Waals surface area contributed by atoms with Gasteiger partial charge in [0.05, 0.1) is 17.1 Å². The van der Waals surface area contributed by atoms with Crippen LogP contribution in [0.4, 0.5) is 5.69 Å². The van der Waals surface area contributed by atoms with Gasteiger partial charge < -0.3 is 20.1 Å². The van der Waals surface area contributed by atoms with Crippen LogP contribution in [0.25, 0.3) is 0 Å². The fourth-order valence-electron chi connectivity index (χ4n) is 2.49. The van der Waals surface area contributed by atoms with E-state index in [1.807, 2.05) is 13.8 Å². The minimum atomic E-state index is -0.0746. The molecule has 0 saturated carbocycles. The lowest BCUT2D eigenvalue weighted by Crippen LogP contribution is -2.33.